The fourth-order valence-electron chi connectivity index (χ4n) is 2.22. The average molecular weight is 210 g/mol. The summed E-state index contributed by atoms with van der Waals surface area (Å²) >= 11 is 0. The monoisotopic (exact) mass is 210 g/mol. The second-order valence-electron chi connectivity index (χ2n) is 4.62. The minimum atomic E-state index is 0.790. The van der Waals surface area contributed by atoms with Crippen LogP contribution in [0.5, 0.6) is 0 Å². The van der Waals surface area contributed by atoms with E-state index in [0.717, 1.165) is 6.04 Å². The molecule has 0 aromatic rings. The van der Waals surface area contributed by atoms with Gasteiger partial charge in [-0.05, 0) is 52.2 Å². The van der Waals surface area contributed by atoms with Gasteiger partial charge in [0.15, 0.2) is 0 Å². The van der Waals surface area contributed by atoms with Crippen molar-refractivity contribution in [3.63, 3.8) is 0 Å². The number of rotatable bonds is 8. The lowest BCUT2D eigenvalue weighted by atomic mass is 10.2. The van der Waals surface area contributed by atoms with Crippen molar-refractivity contribution >= 4 is 0 Å². The molecule has 0 amide bonds. The van der Waals surface area contributed by atoms with Gasteiger partial charge in [0.25, 0.3) is 0 Å². The Bertz CT molecular complexity index is 168. The highest BCUT2D eigenvalue weighted by Crippen LogP contribution is 2.13. The number of hydrogen-bond acceptors (Lipinski definition) is 2. The largest absolute Gasteiger partial charge is 0.315 e. The van der Waals surface area contributed by atoms with Crippen molar-refractivity contribution in [3.05, 3.63) is 12.7 Å². The smallest absolute Gasteiger partial charge is 0.0218 e. The molecule has 0 radical (unpaired) electrons. The first-order valence-corrected chi connectivity index (χ1v) is 6.36. The zero-order chi connectivity index (χ0) is 10.9. The summed E-state index contributed by atoms with van der Waals surface area (Å²) in [6.07, 6.45) is 9.88. The van der Waals surface area contributed by atoms with Crippen LogP contribution >= 0.6 is 0 Å². The zero-order valence-corrected chi connectivity index (χ0v) is 10.2. The number of nitrogens with zero attached hydrogens (tertiary/aromatic N) is 1. The van der Waals surface area contributed by atoms with E-state index in [4.69, 9.17) is 0 Å². The second kappa shape index (κ2) is 7.89. The molecule has 0 spiro atoms. The standard InChI is InChI=1S/C13H26N2/c1-3-4-5-6-7-10-14-12-13-9-8-11-15(13)2/h3,13-14H,1,4-12H2,2H3. The SMILES string of the molecule is C=CCCCCCNCC1CCCN1C. The summed E-state index contributed by atoms with van der Waals surface area (Å²) in [6.45, 7) is 7.38. The lowest BCUT2D eigenvalue weighted by Crippen LogP contribution is -2.35. The Morgan fingerprint density at radius 3 is 2.93 bits per heavy atom. The van der Waals surface area contributed by atoms with Gasteiger partial charge in [0.2, 0.25) is 0 Å². The van der Waals surface area contributed by atoms with Crippen molar-refractivity contribution in [1.29, 1.82) is 0 Å². The fraction of sp³-hybridized carbons (Fsp3) is 0.846. The Labute approximate surface area is 94.7 Å². The molecule has 1 rings (SSSR count). The van der Waals surface area contributed by atoms with E-state index in [2.05, 4.69) is 23.8 Å². The number of likely N-dealkylation sites (tertiary alicyclic amines) is 1. The highest BCUT2D eigenvalue weighted by molar-refractivity contribution is 4.77. The van der Waals surface area contributed by atoms with Gasteiger partial charge < -0.3 is 10.2 Å². The van der Waals surface area contributed by atoms with Crippen LogP contribution in [-0.4, -0.2) is 37.6 Å². The molecule has 0 saturated carbocycles. The highest BCUT2D eigenvalue weighted by atomic mass is 15.2. The minimum Gasteiger partial charge on any atom is -0.315 e. The average Bonchev–Trinajstić information content (AvgIpc) is 2.63. The summed E-state index contributed by atoms with van der Waals surface area (Å²) in [4.78, 5) is 2.48. The maximum absolute atomic E-state index is 3.73. The molecule has 88 valence electrons. The van der Waals surface area contributed by atoms with Crippen LogP contribution in [-0.2, 0) is 0 Å². The first-order valence-electron chi connectivity index (χ1n) is 6.36. The molecule has 1 heterocycles. The normalized spacial score (nSPS) is 22.1. The summed E-state index contributed by atoms with van der Waals surface area (Å²) in [6, 6.07) is 0.790. The van der Waals surface area contributed by atoms with E-state index in [1.54, 1.807) is 0 Å². The summed E-state index contributed by atoms with van der Waals surface area (Å²) in [5.41, 5.74) is 0. The zero-order valence-electron chi connectivity index (χ0n) is 10.2. The molecular weight excluding hydrogens is 184 g/mol. The Kier molecular flexibility index (Phi) is 6.69. The van der Waals surface area contributed by atoms with Crippen molar-refractivity contribution in [2.75, 3.05) is 26.7 Å². The maximum atomic E-state index is 3.73. The number of likely N-dealkylation sites (N-methyl/N-ethyl adjacent to an activating group) is 1. The van der Waals surface area contributed by atoms with Crippen LogP contribution in [0.1, 0.15) is 38.5 Å². The van der Waals surface area contributed by atoms with Crippen LogP contribution in [0, 0.1) is 0 Å². The summed E-state index contributed by atoms with van der Waals surface area (Å²) < 4.78 is 0. The van der Waals surface area contributed by atoms with E-state index >= 15 is 0 Å². The van der Waals surface area contributed by atoms with Gasteiger partial charge in [-0.15, -0.1) is 6.58 Å². The van der Waals surface area contributed by atoms with E-state index < -0.39 is 0 Å². The third kappa shape index (κ3) is 5.33. The topological polar surface area (TPSA) is 15.3 Å². The van der Waals surface area contributed by atoms with Crippen LogP contribution in [0.4, 0.5) is 0 Å². The lowest BCUT2D eigenvalue weighted by molar-refractivity contribution is 0.300. The summed E-state index contributed by atoms with van der Waals surface area (Å²) in [7, 11) is 2.24. The van der Waals surface area contributed by atoms with Crippen LogP contribution < -0.4 is 5.32 Å². The number of hydrogen-bond donors (Lipinski definition) is 1. The van der Waals surface area contributed by atoms with Crippen LogP contribution in [0.25, 0.3) is 0 Å². The number of allylic oxidation sites excluding steroid dienone is 1. The molecule has 0 bridgehead atoms. The van der Waals surface area contributed by atoms with E-state index in [1.165, 1.54) is 58.2 Å². The summed E-state index contributed by atoms with van der Waals surface area (Å²) in [5, 5.41) is 3.57. The Morgan fingerprint density at radius 1 is 1.40 bits per heavy atom. The van der Waals surface area contributed by atoms with E-state index in [0.29, 0.717) is 0 Å². The third-order valence-electron chi connectivity index (χ3n) is 3.31. The molecule has 2 heteroatoms. The maximum Gasteiger partial charge on any atom is 0.0218 e. The third-order valence-corrected chi connectivity index (χ3v) is 3.31. The lowest BCUT2D eigenvalue weighted by Gasteiger charge is -2.19. The number of unbranched alkanes of at least 4 members (excludes halogenated alkanes) is 3. The molecule has 15 heavy (non-hydrogen) atoms. The van der Waals surface area contributed by atoms with E-state index in [-0.39, 0.29) is 0 Å². The summed E-state index contributed by atoms with van der Waals surface area (Å²) in [5.74, 6) is 0. The van der Waals surface area contributed by atoms with Gasteiger partial charge in [0, 0.05) is 12.6 Å². The Balaban J connectivity index is 1.86. The molecule has 0 aromatic heterocycles. The predicted molar refractivity (Wildman–Crippen MR) is 67.2 cm³/mol. The van der Waals surface area contributed by atoms with Gasteiger partial charge in [0.05, 0.1) is 0 Å². The van der Waals surface area contributed by atoms with Crippen molar-refractivity contribution in [1.82, 2.24) is 10.2 Å². The molecule has 1 aliphatic heterocycles. The first-order chi connectivity index (χ1) is 7.34. The molecule has 0 aliphatic carbocycles. The number of nitrogens with one attached hydrogen (secondary N) is 1. The van der Waals surface area contributed by atoms with Crippen LogP contribution in [0.2, 0.25) is 0 Å². The fourth-order valence-corrected chi connectivity index (χ4v) is 2.22. The molecule has 1 aliphatic rings. The van der Waals surface area contributed by atoms with Crippen molar-refractivity contribution in [3.8, 4) is 0 Å². The highest BCUT2D eigenvalue weighted by Gasteiger charge is 2.19. The molecule has 0 aromatic carbocycles. The molecule has 1 N–H and O–H groups in total. The van der Waals surface area contributed by atoms with Crippen LogP contribution in [0.15, 0.2) is 12.7 Å². The molecule has 1 fully saturated rings. The first kappa shape index (κ1) is 12.7. The van der Waals surface area contributed by atoms with Crippen molar-refractivity contribution in [2.24, 2.45) is 0 Å². The van der Waals surface area contributed by atoms with Gasteiger partial charge in [0.1, 0.15) is 0 Å². The molecule has 1 saturated heterocycles. The Morgan fingerprint density at radius 2 is 2.27 bits per heavy atom. The quantitative estimate of drug-likeness (QED) is 0.489. The molecule has 2 nitrogen and oxygen atoms in total. The van der Waals surface area contributed by atoms with Gasteiger partial charge >= 0.3 is 0 Å². The van der Waals surface area contributed by atoms with Crippen molar-refractivity contribution < 1.29 is 0 Å². The Hall–Kier alpha value is -0.340. The molecular formula is C13H26N2. The van der Waals surface area contributed by atoms with E-state index in [1.807, 2.05) is 6.08 Å². The minimum absolute atomic E-state index is 0.790. The van der Waals surface area contributed by atoms with Gasteiger partial charge in [-0.3, -0.25) is 0 Å². The van der Waals surface area contributed by atoms with Gasteiger partial charge in [-0.1, -0.05) is 12.5 Å². The predicted octanol–water partition coefficient (Wildman–Crippen LogP) is 2.42. The van der Waals surface area contributed by atoms with Crippen molar-refractivity contribution in [2.45, 2.75) is 44.6 Å². The van der Waals surface area contributed by atoms with Gasteiger partial charge in [-0.2, -0.15) is 0 Å². The second-order valence-corrected chi connectivity index (χ2v) is 4.62. The molecule has 1 atom stereocenters. The van der Waals surface area contributed by atoms with E-state index in [9.17, 15) is 0 Å². The molecule has 1 unspecified atom stereocenters. The van der Waals surface area contributed by atoms with Gasteiger partial charge in [-0.25, -0.2) is 0 Å². The van der Waals surface area contributed by atoms with Crippen LogP contribution in [0.3, 0.4) is 0 Å².